The van der Waals surface area contributed by atoms with Gasteiger partial charge in [0, 0.05) is 32.1 Å². The van der Waals surface area contributed by atoms with Gasteiger partial charge in [0.1, 0.15) is 62.3 Å². The Morgan fingerprint density at radius 3 is 1.74 bits per heavy atom. The fourth-order valence-electron chi connectivity index (χ4n) is 11.9. The molecule has 2 heterocycles. The Kier molecular flexibility index (Phi) is 37.6. The molecule has 19 nitrogen and oxygen atoms in total. The molecule has 0 radical (unpaired) electrons. The molecular formula is C66H108F6IN5O14Si. The van der Waals surface area contributed by atoms with Crippen LogP contribution in [-0.2, 0) is 58.9 Å². The first-order valence-corrected chi connectivity index (χ1v) is 37.9. The number of alkyl carbamates (subject to hydrolysis) is 1. The Labute approximate surface area is 562 Å². The van der Waals surface area contributed by atoms with E-state index in [1.807, 2.05) is 44.2 Å². The lowest BCUT2D eigenvalue weighted by molar-refractivity contribution is -0.148. The van der Waals surface area contributed by atoms with Crippen LogP contribution in [0.1, 0.15) is 124 Å². The molecule has 1 saturated heterocycles. The van der Waals surface area contributed by atoms with Crippen LogP contribution in [0.25, 0.3) is 0 Å². The number of nitrogens with two attached hydrogens (primary N) is 1. The molecule has 0 spiro atoms. The van der Waals surface area contributed by atoms with Gasteiger partial charge in [0.2, 0.25) is 11.8 Å². The molecule has 534 valence electrons. The number of aliphatic hydroxyl groups excluding tert-OH is 1. The zero-order chi connectivity index (χ0) is 69.7. The van der Waals surface area contributed by atoms with Crippen LogP contribution < -0.4 is 11.1 Å². The molecule has 1 aromatic carbocycles. The highest BCUT2D eigenvalue weighted by Crippen LogP contribution is 2.43. The minimum absolute atomic E-state index is 0.00806. The van der Waals surface area contributed by atoms with Crippen LogP contribution in [0.3, 0.4) is 0 Å². The van der Waals surface area contributed by atoms with Crippen LogP contribution in [0.4, 0.5) is 35.9 Å². The maximum absolute atomic E-state index is 13.4. The van der Waals surface area contributed by atoms with E-state index in [9.17, 15) is 55.4 Å². The average Bonchev–Trinajstić information content (AvgIpc) is 1.65. The Balaban J connectivity index is 0.000000301. The number of aliphatic imine (C=N–C) groups is 2. The SMILES string of the molecule is CCOC(=O)C1C[C@@H]2O[C@@H]2C1.CN(C[C@@H](N)CC1C[C@@H](F)[C@@H](F)C1)C(=O)OCC[Si](C)(C)C.COC(=O)[C@@H](C)CC1C[C@@H](F)[C@@H](F)C1.COC(=O)[C@@H](C[C@@H]1C[C@@H](O)[C@H](F)C1)NC(=O)OCc1ccccc1.COC1=N[C@H](C(C)C)C(OC)=NC1.C[C@@H]1C[C@@H](CI)C[C@H]1F. The summed E-state index contributed by atoms with van der Waals surface area (Å²) in [7, 11) is 6.20. The number of hydrogen-bond donors (Lipinski definition) is 3. The maximum Gasteiger partial charge on any atom is 0.409 e. The number of alkyl halides is 7. The number of rotatable bonds is 20. The third-order valence-corrected chi connectivity index (χ3v) is 20.3. The lowest BCUT2D eigenvalue weighted by atomic mass is 9.94. The number of amides is 2. The van der Waals surface area contributed by atoms with Crippen LogP contribution in [0, 0.1) is 47.3 Å². The number of epoxide rings is 1. The molecule has 2 amide bonds. The highest BCUT2D eigenvalue weighted by Gasteiger charge is 2.50. The minimum atomic E-state index is -1.36. The highest BCUT2D eigenvalue weighted by atomic mass is 127. The summed E-state index contributed by atoms with van der Waals surface area (Å²) >= 11 is 2.34. The molecule has 19 atom stereocenters. The molecule has 4 N–H and O–H groups in total. The van der Waals surface area contributed by atoms with Crippen molar-refractivity contribution in [3.05, 3.63) is 35.9 Å². The Morgan fingerprint density at radius 2 is 1.28 bits per heavy atom. The fraction of sp³-hybridized carbons (Fsp3) is 0.803. The smallest absolute Gasteiger partial charge is 0.409 e. The van der Waals surface area contributed by atoms with Gasteiger partial charge in [0.05, 0.1) is 71.8 Å². The van der Waals surface area contributed by atoms with Gasteiger partial charge >= 0.3 is 30.1 Å². The number of aliphatic hydroxyl groups is 1. The molecule has 6 fully saturated rings. The van der Waals surface area contributed by atoms with Gasteiger partial charge < -0.3 is 59.0 Å². The van der Waals surface area contributed by atoms with E-state index in [1.54, 1.807) is 28.2 Å². The number of benzene rings is 1. The van der Waals surface area contributed by atoms with Crippen molar-refractivity contribution in [1.29, 1.82) is 0 Å². The number of nitrogens with zero attached hydrogens (tertiary/aromatic N) is 3. The van der Waals surface area contributed by atoms with Crippen LogP contribution in [0.15, 0.2) is 40.3 Å². The minimum Gasteiger partial charge on any atom is -0.483 e. The van der Waals surface area contributed by atoms with E-state index in [0.29, 0.717) is 80.9 Å². The molecule has 27 heteroatoms. The Hall–Kier alpha value is -4.48. The summed E-state index contributed by atoms with van der Waals surface area (Å²) in [5.74, 6) is 1.40. The van der Waals surface area contributed by atoms with E-state index in [2.05, 4.69) is 80.9 Å². The van der Waals surface area contributed by atoms with E-state index in [-0.39, 0.29) is 111 Å². The van der Waals surface area contributed by atoms with Gasteiger partial charge in [-0.25, -0.2) is 50.7 Å². The highest BCUT2D eigenvalue weighted by molar-refractivity contribution is 14.1. The summed E-state index contributed by atoms with van der Waals surface area (Å²) in [4.78, 5) is 67.8. The topological polar surface area (TPSA) is 249 Å². The number of halogens is 7. The van der Waals surface area contributed by atoms with Gasteiger partial charge in [-0.3, -0.25) is 9.59 Å². The van der Waals surface area contributed by atoms with Crippen LogP contribution in [-0.4, -0.2) is 200 Å². The van der Waals surface area contributed by atoms with Crippen molar-refractivity contribution in [1.82, 2.24) is 10.2 Å². The second-order valence-electron chi connectivity index (χ2n) is 27.0. The van der Waals surface area contributed by atoms with Crippen molar-refractivity contribution in [2.45, 2.75) is 224 Å². The third kappa shape index (κ3) is 31.1. The first-order valence-electron chi connectivity index (χ1n) is 32.7. The number of carbonyl (C=O) groups is 5. The predicted octanol–water partition coefficient (Wildman–Crippen LogP) is 12.1. The first kappa shape index (κ1) is 82.7. The lowest BCUT2D eigenvalue weighted by Crippen LogP contribution is -2.42. The summed E-state index contributed by atoms with van der Waals surface area (Å²) in [5.41, 5.74) is 6.81. The lowest BCUT2D eigenvalue weighted by Gasteiger charge is -2.23. The standard InChI is InChI=1S/C17H22FNO5.C15H30F2N2O2Si.C10H16F2O2.C9H16N2O2.C8H12O3.C7H12FI/c1-23-16(21)14(8-12-7-13(18)15(20)9-12)19-17(22)24-10-11-5-3-2-4-6-11;1-19(15(20)21-5-6-22(2,3)4)10-12(18)7-11-8-13(16)14(17)9-11;1-6(10(13)14-2)3-7-4-8(11)9(12)5-7;1-6(2)8-9(13-4)10-5-7(11-8)12-3;1-2-10-8(9)5-3-6-7(4-5)11-6;1-5-2-6(4-9)3-7(5)8/h2-6,12-15,20H,7-10H2,1H3,(H,19,22);11-14H,5-10,18H2,1-4H3;6-9H,3-5H2,1-2H3;6,8H,5H2,1-4H3;5-7H,2-4H2,1H3;5-7H,2-4H2,1H3/t12-,13-,14-,15-;11?,12-,13-,14+;6-,7?,8-,9+;8-;5?,6-,7+;5-,6-,7-/m1001.1/s1. The molecule has 0 bridgehead atoms. The second kappa shape index (κ2) is 42.3. The Bertz CT molecular complexity index is 2400. The number of hydrogen-bond acceptors (Lipinski definition) is 17. The summed E-state index contributed by atoms with van der Waals surface area (Å²) in [5, 5.41) is 11.9. The number of fused-ring (bicyclic) bond motifs is 1. The van der Waals surface area contributed by atoms with Crippen LogP contribution in [0.5, 0.6) is 0 Å². The van der Waals surface area contributed by atoms with E-state index in [4.69, 9.17) is 34.2 Å². The number of likely N-dealkylation sites (N-methyl/N-ethyl adjacent to an activating group) is 1. The van der Waals surface area contributed by atoms with E-state index >= 15 is 0 Å². The van der Waals surface area contributed by atoms with Gasteiger partial charge in [-0.2, -0.15) is 0 Å². The van der Waals surface area contributed by atoms with Crippen molar-refractivity contribution in [3.63, 3.8) is 0 Å². The van der Waals surface area contributed by atoms with Gasteiger partial charge in [-0.15, -0.1) is 0 Å². The van der Waals surface area contributed by atoms with Crippen LogP contribution in [0.2, 0.25) is 25.7 Å². The molecule has 0 aromatic heterocycles. The number of esters is 3. The molecule has 3 unspecified atom stereocenters. The summed E-state index contributed by atoms with van der Waals surface area (Å²) in [6, 6.07) is 8.85. The molecular weight excluding hydrogens is 1360 g/mol. The first-order chi connectivity index (χ1) is 43.8. The van der Waals surface area contributed by atoms with Crippen molar-refractivity contribution in [2.24, 2.45) is 63.1 Å². The molecule has 7 aliphatic rings. The average molecular weight is 1460 g/mol. The summed E-state index contributed by atoms with van der Waals surface area (Å²) in [6.45, 7) is 18.2. The van der Waals surface area contributed by atoms with Crippen molar-refractivity contribution < 1.29 is 93.3 Å². The van der Waals surface area contributed by atoms with Crippen molar-refractivity contribution >= 4 is 72.6 Å². The molecule has 5 aliphatic carbocycles. The maximum atomic E-state index is 13.4. The van der Waals surface area contributed by atoms with E-state index in [0.717, 1.165) is 41.7 Å². The molecule has 8 rings (SSSR count). The number of methoxy groups -OCH3 is 4. The van der Waals surface area contributed by atoms with Gasteiger partial charge in [-0.05, 0) is 138 Å². The normalized spacial score (nSPS) is 29.8. The third-order valence-electron chi connectivity index (χ3n) is 17.4. The number of ether oxygens (including phenoxy) is 8. The summed E-state index contributed by atoms with van der Waals surface area (Å²) < 4.78 is 119. The van der Waals surface area contributed by atoms with E-state index < -0.39 is 69.3 Å². The monoisotopic (exact) mass is 1460 g/mol. The predicted molar refractivity (Wildman–Crippen MR) is 355 cm³/mol. The second-order valence-corrected chi connectivity index (χ2v) is 33.5. The molecule has 2 aliphatic heterocycles. The molecule has 1 aromatic rings. The quantitative estimate of drug-likeness (QED) is 0.0209. The summed E-state index contributed by atoms with van der Waals surface area (Å²) in [6.07, 6.45) is -2.30. The Morgan fingerprint density at radius 1 is 0.731 bits per heavy atom. The van der Waals surface area contributed by atoms with Crippen molar-refractivity contribution in [2.75, 3.05) is 66.2 Å². The zero-order valence-corrected chi connectivity index (χ0v) is 60.1. The molecule has 93 heavy (non-hydrogen) atoms. The fourth-order valence-corrected chi connectivity index (χ4v) is 13.4. The van der Waals surface area contributed by atoms with Gasteiger partial charge in [-0.1, -0.05) is 100 Å². The number of carbonyl (C=O) groups excluding carboxylic acids is 5. The molecule has 5 saturated carbocycles. The zero-order valence-electron chi connectivity index (χ0n) is 56.9. The van der Waals surface area contributed by atoms with Gasteiger partial charge in [0.25, 0.3) is 0 Å². The van der Waals surface area contributed by atoms with E-state index in [1.165, 1.54) is 19.1 Å². The largest absolute Gasteiger partial charge is 0.483 e. The van der Waals surface area contributed by atoms with Crippen LogP contribution >= 0.6 is 22.6 Å². The number of nitrogens with one attached hydrogen (secondary N) is 1. The van der Waals surface area contributed by atoms with Crippen molar-refractivity contribution in [3.8, 4) is 0 Å². The van der Waals surface area contributed by atoms with Gasteiger partial charge in [0.15, 0.2) is 0 Å².